The molecule has 0 saturated carbocycles. The molecule has 0 aliphatic heterocycles. The van der Waals surface area contributed by atoms with Gasteiger partial charge in [0.1, 0.15) is 6.04 Å². The molecule has 0 radical (unpaired) electrons. The minimum atomic E-state index is -1.02. The third-order valence-corrected chi connectivity index (χ3v) is 3.85. The average molecular weight is 315 g/mol. The van der Waals surface area contributed by atoms with E-state index in [0.29, 0.717) is 18.5 Å². The lowest BCUT2D eigenvalue weighted by atomic mass is 9.99. The van der Waals surface area contributed by atoms with Gasteiger partial charge in [-0.3, -0.25) is 9.48 Å². The summed E-state index contributed by atoms with van der Waals surface area (Å²) in [7, 11) is 0. The van der Waals surface area contributed by atoms with E-state index in [0.717, 1.165) is 5.56 Å². The van der Waals surface area contributed by atoms with Gasteiger partial charge in [0.25, 0.3) is 5.91 Å². The Morgan fingerprint density at radius 1 is 1.30 bits per heavy atom. The molecule has 0 saturated heterocycles. The Morgan fingerprint density at radius 2 is 2.00 bits per heavy atom. The predicted molar refractivity (Wildman–Crippen MR) is 86.1 cm³/mol. The maximum absolute atomic E-state index is 12.2. The Kier molecular flexibility index (Phi) is 5.51. The van der Waals surface area contributed by atoms with E-state index in [1.807, 2.05) is 37.3 Å². The lowest BCUT2D eigenvalue weighted by Crippen LogP contribution is -2.44. The predicted octanol–water partition coefficient (Wildman–Crippen LogP) is 2.16. The minimum Gasteiger partial charge on any atom is -0.480 e. The molecule has 1 aromatic carbocycles. The highest BCUT2D eigenvalue weighted by atomic mass is 16.4. The van der Waals surface area contributed by atoms with Gasteiger partial charge in [-0.1, -0.05) is 50.6 Å². The molecule has 0 fully saturated rings. The van der Waals surface area contributed by atoms with Crippen molar-refractivity contribution in [1.82, 2.24) is 15.1 Å². The first-order chi connectivity index (χ1) is 11.0. The van der Waals surface area contributed by atoms with Crippen LogP contribution in [0.3, 0.4) is 0 Å². The first kappa shape index (κ1) is 16.7. The number of aliphatic carboxylic acids is 1. The Balaban J connectivity index is 2.04. The average Bonchev–Trinajstić information content (AvgIpc) is 3.01. The highest BCUT2D eigenvalue weighted by Crippen LogP contribution is 2.10. The van der Waals surface area contributed by atoms with Crippen molar-refractivity contribution in [2.45, 2.75) is 32.9 Å². The number of rotatable bonds is 7. The van der Waals surface area contributed by atoms with Gasteiger partial charge < -0.3 is 10.4 Å². The van der Waals surface area contributed by atoms with Gasteiger partial charge in [-0.2, -0.15) is 5.10 Å². The standard InChI is InChI=1S/C17H21N3O3/c1-3-12(2)15(17(22)23)19-16(21)14-9-18-20(11-14)10-13-7-5-4-6-8-13/h4-9,11-12,15H,3,10H2,1-2H3,(H,19,21)(H,22,23)/t12-,15-/m0/s1. The van der Waals surface area contributed by atoms with Crippen LogP contribution in [-0.2, 0) is 11.3 Å². The van der Waals surface area contributed by atoms with Crippen molar-refractivity contribution < 1.29 is 14.7 Å². The quantitative estimate of drug-likeness (QED) is 0.820. The molecule has 0 aliphatic carbocycles. The summed E-state index contributed by atoms with van der Waals surface area (Å²) in [4.78, 5) is 23.5. The van der Waals surface area contributed by atoms with E-state index >= 15 is 0 Å². The second-order valence-electron chi connectivity index (χ2n) is 5.59. The third-order valence-electron chi connectivity index (χ3n) is 3.85. The van der Waals surface area contributed by atoms with E-state index in [9.17, 15) is 14.7 Å². The number of hydrogen-bond donors (Lipinski definition) is 2. The maximum Gasteiger partial charge on any atom is 0.326 e. The molecule has 1 amide bonds. The summed E-state index contributed by atoms with van der Waals surface area (Å²) >= 11 is 0. The summed E-state index contributed by atoms with van der Waals surface area (Å²) in [5.41, 5.74) is 1.43. The zero-order valence-corrected chi connectivity index (χ0v) is 13.3. The zero-order valence-electron chi connectivity index (χ0n) is 13.3. The summed E-state index contributed by atoms with van der Waals surface area (Å²) < 4.78 is 1.66. The molecule has 2 rings (SSSR count). The highest BCUT2D eigenvalue weighted by molar-refractivity contribution is 5.96. The monoisotopic (exact) mass is 315 g/mol. The molecule has 2 aromatic rings. The molecule has 1 heterocycles. The number of carbonyl (C=O) groups is 2. The fourth-order valence-electron chi connectivity index (χ4n) is 2.25. The highest BCUT2D eigenvalue weighted by Gasteiger charge is 2.26. The van der Waals surface area contributed by atoms with Crippen LogP contribution in [0.1, 0.15) is 36.2 Å². The minimum absolute atomic E-state index is 0.143. The number of aromatic nitrogens is 2. The van der Waals surface area contributed by atoms with Gasteiger partial charge in [-0.25, -0.2) is 4.79 Å². The molecular formula is C17H21N3O3. The summed E-state index contributed by atoms with van der Waals surface area (Å²) in [5, 5.41) is 16.0. The Labute approximate surface area is 135 Å². The maximum atomic E-state index is 12.2. The summed E-state index contributed by atoms with van der Waals surface area (Å²) in [6, 6.07) is 8.87. The smallest absolute Gasteiger partial charge is 0.326 e. The van der Waals surface area contributed by atoms with E-state index in [1.165, 1.54) is 6.20 Å². The molecule has 0 aliphatic rings. The number of carbonyl (C=O) groups excluding carboxylic acids is 1. The van der Waals surface area contributed by atoms with E-state index in [1.54, 1.807) is 17.8 Å². The number of amides is 1. The lowest BCUT2D eigenvalue weighted by Gasteiger charge is -2.19. The van der Waals surface area contributed by atoms with E-state index in [2.05, 4.69) is 10.4 Å². The van der Waals surface area contributed by atoms with Gasteiger partial charge >= 0.3 is 5.97 Å². The van der Waals surface area contributed by atoms with Crippen LogP contribution in [0.2, 0.25) is 0 Å². The third kappa shape index (κ3) is 4.42. The van der Waals surface area contributed by atoms with Crippen molar-refractivity contribution in [3.8, 4) is 0 Å². The van der Waals surface area contributed by atoms with Gasteiger partial charge in [0.2, 0.25) is 0 Å². The number of benzene rings is 1. The van der Waals surface area contributed by atoms with E-state index in [-0.39, 0.29) is 5.92 Å². The van der Waals surface area contributed by atoms with Crippen molar-refractivity contribution in [3.63, 3.8) is 0 Å². The van der Waals surface area contributed by atoms with Crippen molar-refractivity contribution in [3.05, 3.63) is 53.9 Å². The topological polar surface area (TPSA) is 84.2 Å². The summed E-state index contributed by atoms with van der Waals surface area (Å²) in [5.74, 6) is -1.59. The van der Waals surface area contributed by atoms with Crippen LogP contribution in [-0.4, -0.2) is 32.8 Å². The SMILES string of the molecule is CC[C@H](C)[C@H](NC(=O)c1cnn(Cc2ccccc2)c1)C(=O)O. The van der Waals surface area contributed by atoms with Crippen LogP contribution < -0.4 is 5.32 Å². The molecular weight excluding hydrogens is 294 g/mol. The molecule has 0 bridgehead atoms. The molecule has 122 valence electrons. The van der Waals surface area contributed by atoms with Crippen LogP contribution in [0.25, 0.3) is 0 Å². The molecule has 2 atom stereocenters. The van der Waals surface area contributed by atoms with Gasteiger partial charge in [0.15, 0.2) is 0 Å². The second-order valence-corrected chi connectivity index (χ2v) is 5.59. The lowest BCUT2D eigenvalue weighted by molar-refractivity contribution is -0.140. The van der Waals surface area contributed by atoms with Crippen molar-refractivity contribution in [1.29, 1.82) is 0 Å². The fraction of sp³-hybridized carbons (Fsp3) is 0.353. The van der Waals surface area contributed by atoms with Gasteiger partial charge in [0, 0.05) is 6.20 Å². The molecule has 2 N–H and O–H groups in total. The first-order valence-corrected chi connectivity index (χ1v) is 7.61. The summed E-state index contributed by atoms with van der Waals surface area (Å²) in [6.45, 7) is 4.25. The molecule has 0 unspecified atom stereocenters. The Bertz CT molecular complexity index is 667. The number of carboxylic acid groups (broad SMARTS) is 1. The van der Waals surface area contributed by atoms with Gasteiger partial charge in [-0.05, 0) is 11.5 Å². The second kappa shape index (κ2) is 7.58. The number of nitrogens with zero attached hydrogens (tertiary/aromatic N) is 2. The zero-order chi connectivity index (χ0) is 16.8. The Hall–Kier alpha value is -2.63. The van der Waals surface area contributed by atoms with E-state index in [4.69, 9.17) is 0 Å². The van der Waals surface area contributed by atoms with Crippen LogP contribution >= 0.6 is 0 Å². The largest absolute Gasteiger partial charge is 0.480 e. The van der Waals surface area contributed by atoms with Crippen LogP contribution in [0, 0.1) is 5.92 Å². The first-order valence-electron chi connectivity index (χ1n) is 7.61. The van der Waals surface area contributed by atoms with E-state index < -0.39 is 17.9 Å². The molecule has 23 heavy (non-hydrogen) atoms. The van der Waals surface area contributed by atoms with Crippen molar-refractivity contribution in [2.24, 2.45) is 5.92 Å². The van der Waals surface area contributed by atoms with Crippen molar-refractivity contribution >= 4 is 11.9 Å². The van der Waals surface area contributed by atoms with Gasteiger partial charge in [0.05, 0.1) is 18.3 Å². The molecule has 6 nitrogen and oxygen atoms in total. The number of nitrogens with one attached hydrogen (secondary N) is 1. The van der Waals surface area contributed by atoms with Crippen LogP contribution in [0.4, 0.5) is 0 Å². The molecule has 1 aromatic heterocycles. The van der Waals surface area contributed by atoms with Crippen LogP contribution in [0.15, 0.2) is 42.7 Å². The number of carboxylic acids is 1. The summed E-state index contributed by atoms with van der Waals surface area (Å²) in [6.07, 6.45) is 3.75. The van der Waals surface area contributed by atoms with Crippen molar-refractivity contribution in [2.75, 3.05) is 0 Å². The fourth-order valence-corrected chi connectivity index (χ4v) is 2.25. The van der Waals surface area contributed by atoms with Gasteiger partial charge in [-0.15, -0.1) is 0 Å². The van der Waals surface area contributed by atoms with Crippen LogP contribution in [0.5, 0.6) is 0 Å². The molecule has 6 heteroatoms. The number of hydrogen-bond acceptors (Lipinski definition) is 3. The molecule has 0 spiro atoms. The normalized spacial score (nSPS) is 13.3. The Morgan fingerprint density at radius 3 is 2.61 bits per heavy atom.